The van der Waals surface area contributed by atoms with E-state index in [4.69, 9.17) is 4.98 Å². The van der Waals surface area contributed by atoms with Crippen LogP contribution >= 0.6 is 0 Å². The summed E-state index contributed by atoms with van der Waals surface area (Å²) in [7, 11) is 0. The van der Waals surface area contributed by atoms with Crippen LogP contribution in [0.4, 0.5) is 0 Å². The number of benzene rings is 13. The van der Waals surface area contributed by atoms with Gasteiger partial charge in [0.25, 0.3) is 0 Å². The molecule has 79 heavy (non-hydrogen) atoms. The van der Waals surface area contributed by atoms with Crippen LogP contribution < -0.4 is 0 Å². The first-order valence-electron chi connectivity index (χ1n) is 27.4. The third-order valence-corrected chi connectivity index (χ3v) is 15.9. The predicted octanol–water partition coefficient (Wildman–Crippen LogP) is 21.0. The Balaban J connectivity index is 0.906. The van der Waals surface area contributed by atoms with Crippen molar-refractivity contribution in [1.29, 1.82) is 0 Å². The molecule has 0 atom stereocenters. The van der Waals surface area contributed by atoms with Gasteiger partial charge in [0.05, 0.1) is 11.0 Å². The van der Waals surface area contributed by atoms with E-state index < -0.39 is 0 Å². The maximum Gasteiger partial charge on any atom is 0.141 e. The summed E-state index contributed by atoms with van der Waals surface area (Å²) in [5.41, 5.74) is 24.8. The molecule has 372 valence electrons. The van der Waals surface area contributed by atoms with E-state index in [0.717, 1.165) is 51.2 Å². The summed E-state index contributed by atoms with van der Waals surface area (Å²) < 4.78 is 2.31. The normalized spacial score (nSPS) is 11.4. The first-order chi connectivity index (χ1) is 39.1. The van der Waals surface area contributed by atoms with E-state index in [1.165, 1.54) is 99.4 Å². The maximum atomic E-state index is 5.17. The molecule has 13 aromatic carbocycles. The Bertz CT molecular complexity index is 4500. The summed E-state index contributed by atoms with van der Waals surface area (Å²) in [5, 5.41) is 4.85. The van der Waals surface area contributed by atoms with Crippen molar-refractivity contribution in [3.8, 4) is 112 Å². The lowest BCUT2D eigenvalue weighted by molar-refractivity contribution is 0.796. The molecule has 0 saturated heterocycles. The van der Waals surface area contributed by atoms with Crippen LogP contribution in [0, 0.1) is 0 Å². The van der Waals surface area contributed by atoms with Gasteiger partial charge in [0.2, 0.25) is 0 Å². The molecule has 14 aromatic rings. The van der Waals surface area contributed by atoms with E-state index in [2.05, 4.69) is 309 Å². The van der Waals surface area contributed by atoms with Crippen molar-refractivity contribution in [3.63, 3.8) is 0 Å². The van der Waals surface area contributed by atoms with Crippen LogP contribution in [-0.2, 0) is 6.54 Å². The highest BCUT2D eigenvalue weighted by Gasteiger charge is 2.22. The average Bonchev–Trinajstić information content (AvgIpc) is 4.07. The zero-order valence-corrected chi connectivity index (χ0v) is 43.9. The van der Waals surface area contributed by atoms with Gasteiger partial charge in [0.1, 0.15) is 5.82 Å². The number of fused-ring (bicyclic) bond motifs is 3. The Hall–Kier alpha value is -10.2. The second-order valence-corrected chi connectivity index (χ2v) is 20.4. The van der Waals surface area contributed by atoms with Crippen molar-refractivity contribution in [3.05, 3.63) is 297 Å². The van der Waals surface area contributed by atoms with Crippen molar-refractivity contribution in [2.45, 2.75) is 13.5 Å². The standard InChI is InChI=1S/C77H54N2/c1-2-79-74-49-47-64(51-73(74)78-77(79)62-22-10-5-11-23-62)59-36-34-58(35-37-59)63-46-48-71-72(50-63)76(68-27-15-13-25-66(68)61-44-40-57(41-45-61)56-32-30-54(31-33-56)52-18-6-3-7-19-52)70-29-17-16-28-69(70)75(71)67-26-14-12-24-65(67)60-42-38-55(39-43-60)53-20-8-4-9-21-53/h3-51H,2H2,1H3. The van der Waals surface area contributed by atoms with Gasteiger partial charge in [-0.15, -0.1) is 0 Å². The van der Waals surface area contributed by atoms with Crippen LogP contribution in [0.25, 0.3) is 144 Å². The zero-order chi connectivity index (χ0) is 52.7. The number of hydrogen-bond donors (Lipinski definition) is 0. The minimum atomic E-state index is 0.846. The molecule has 0 unspecified atom stereocenters. The van der Waals surface area contributed by atoms with Gasteiger partial charge in [0.15, 0.2) is 0 Å². The van der Waals surface area contributed by atoms with Crippen molar-refractivity contribution < 1.29 is 0 Å². The van der Waals surface area contributed by atoms with E-state index in [1.54, 1.807) is 0 Å². The molecule has 0 radical (unpaired) electrons. The molecule has 0 spiro atoms. The molecule has 0 fully saturated rings. The minimum absolute atomic E-state index is 0.846. The molecule has 0 aliphatic carbocycles. The van der Waals surface area contributed by atoms with Crippen LogP contribution in [0.1, 0.15) is 6.92 Å². The van der Waals surface area contributed by atoms with Crippen molar-refractivity contribution in [2.75, 3.05) is 0 Å². The Morgan fingerprint density at radius 3 is 1.03 bits per heavy atom. The fourth-order valence-electron chi connectivity index (χ4n) is 11.9. The van der Waals surface area contributed by atoms with Gasteiger partial charge < -0.3 is 4.57 Å². The predicted molar refractivity (Wildman–Crippen MR) is 335 cm³/mol. The summed E-state index contributed by atoms with van der Waals surface area (Å²) in [6.07, 6.45) is 0. The van der Waals surface area contributed by atoms with E-state index in [0.29, 0.717) is 0 Å². The average molecular weight is 1010 g/mol. The first-order valence-corrected chi connectivity index (χ1v) is 27.4. The van der Waals surface area contributed by atoms with E-state index >= 15 is 0 Å². The third kappa shape index (κ3) is 8.80. The summed E-state index contributed by atoms with van der Waals surface area (Å²) in [6.45, 7) is 3.04. The highest BCUT2D eigenvalue weighted by molar-refractivity contribution is 6.24. The fourth-order valence-corrected chi connectivity index (χ4v) is 11.9. The molecule has 0 aliphatic heterocycles. The number of aryl methyl sites for hydroxylation is 1. The van der Waals surface area contributed by atoms with Crippen LogP contribution in [0.5, 0.6) is 0 Å². The van der Waals surface area contributed by atoms with Crippen molar-refractivity contribution in [1.82, 2.24) is 9.55 Å². The minimum Gasteiger partial charge on any atom is -0.324 e. The molecule has 0 N–H and O–H groups in total. The highest BCUT2D eigenvalue weighted by atomic mass is 15.1. The Kier molecular flexibility index (Phi) is 12.2. The molecule has 14 rings (SSSR count). The SMILES string of the molecule is CCn1c(-c2ccccc2)nc2cc(-c3ccc(-c4ccc5c(-c6ccccc6-c6ccc(-c7ccccc7)cc6)c6ccccc6c(-c6ccccc6-c6ccc(-c7ccc(-c8ccccc8)cc7)cc6)c5c4)cc3)ccc21. The van der Waals surface area contributed by atoms with Crippen molar-refractivity contribution in [2.24, 2.45) is 0 Å². The fraction of sp³-hybridized carbons (Fsp3) is 0.0260. The summed E-state index contributed by atoms with van der Waals surface area (Å²) in [4.78, 5) is 5.17. The van der Waals surface area contributed by atoms with Gasteiger partial charge in [0, 0.05) is 12.1 Å². The lowest BCUT2D eigenvalue weighted by Gasteiger charge is -2.22. The molecule has 2 nitrogen and oxygen atoms in total. The molecule has 1 aromatic heterocycles. The van der Waals surface area contributed by atoms with Gasteiger partial charge in [-0.25, -0.2) is 4.98 Å². The third-order valence-electron chi connectivity index (χ3n) is 15.9. The molecule has 0 bridgehead atoms. The second-order valence-electron chi connectivity index (χ2n) is 20.4. The lowest BCUT2D eigenvalue weighted by atomic mass is 9.81. The topological polar surface area (TPSA) is 17.8 Å². The summed E-state index contributed by atoms with van der Waals surface area (Å²) in [5.74, 6) is 1.000. The Labute approximate surface area is 461 Å². The highest BCUT2D eigenvalue weighted by Crippen LogP contribution is 2.49. The van der Waals surface area contributed by atoms with Crippen LogP contribution in [0.15, 0.2) is 297 Å². The number of rotatable bonds is 11. The second kappa shape index (κ2) is 20.4. The lowest BCUT2D eigenvalue weighted by Crippen LogP contribution is -1.97. The molecule has 2 heteroatoms. The van der Waals surface area contributed by atoms with Gasteiger partial charge >= 0.3 is 0 Å². The quantitative estimate of drug-likeness (QED) is 0.118. The first kappa shape index (κ1) is 47.3. The molecule has 0 aliphatic rings. The molecule has 0 saturated carbocycles. The Morgan fingerprint density at radius 1 is 0.253 bits per heavy atom. The Morgan fingerprint density at radius 2 is 0.570 bits per heavy atom. The smallest absolute Gasteiger partial charge is 0.141 e. The zero-order valence-electron chi connectivity index (χ0n) is 43.9. The molecule has 1 heterocycles. The van der Waals surface area contributed by atoms with E-state index in [-0.39, 0.29) is 0 Å². The van der Waals surface area contributed by atoms with Gasteiger partial charge in [-0.1, -0.05) is 279 Å². The van der Waals surface area contributed by atoms with Crippen LogP contribution in [-0.4, -0.2) is 9.55 Å². The van der Waals surface area contributed by atoms with Gasteiger partial charge in [-0.2, -0.15) is 0 Å². The maximum absolute atomic E-state index is 5.17. The van der Waals surface area contributed by atoms with Crippen LogP contribution in [0.3, 0.4) is 0 Å². The molecule has 0 amide bonds. The van der Waals surface area contributed by atoms with E-state index in [1.807, 2.05) is 0 Å². The molecular formula is C77H54N2. The van der Waals surface area contributed by atoms with Gasteiger partial charge in [-0.3, -0.25) is 0 Å². The van der Waals surface area contributed by atoms with E-state index in [9.17, 15) is 0 Å². The number of imidazole rings is 1. The largest absolute Gasteiger partial charge is 0.324 e. The summed E-state index contributed by atoms with van der Waals surface area (Å²) in [6, 6.07) is 109. The number of aromatic nitrogens is 2. The molecular weight excluding hydrogens is 953 g/mol. The summed E-state index contributed by atoms with van der Waals surface area (Å²) >= 11 is 0. The number of hydrogen-bond acceptors (Lipinski definition) is 1. The van der Waals surface area contributed by atoms with Crippen molar-refractivity contribution >= 4 is 32.6 Å². The van der Waals surface area contributed by atoms with Gasteiger partial charge in [-0.05, 0) is 147 Å². The van der Waals surface area contributed by atoms with Crippen LogP contribution in [0.2, 0.25) is 0 Å². The number of nitrogens with zero attached hydrogens (tertiary/aromatic N) is 2. The monoisotopic (exact) mass is 1010 g/mol.